The van der Waals surface area contributed by atoms with Gasteiger partial charge in [0.25, 0.3) is 0 Å². The highest BCUT2D eigenvalue weighted by Gasteiger charge is 2.37. The molecule has 0 bridgehead atoms. The summed E-state index contributed by atoms with van der Waals surface area (Å²) in [6.07, 6.45) is 0.214. The summed E-state index contributed by atoms with van der Waals surface area (Å²) in [4.78, 5) is 24.2. The molecule has 1 saturated heterocycles. The number of nitrogens with one attached hydrogen (secondary N) is 2. The molecule has 1 aromatic carbocycles. The SMILES string of the molecule is CCOC(O[C@@H]1CN(C(C)=O)NC(=O)N[C@@H]1Cc1ccccc1)[Si](C)(C)C. The van der Waals surface area contributed by atoms with Crippen LogP contribution in [-0.2, 0) is 20.7 Å². The molecule has 1 unspecified atom stereocenters. The second-order valence-corrected chi connectivity index (χ2v) is 13.0. The standard InChI is InChI=1S/C19H31N3O4Si/c1-6-25-19(27(3,4)5)26-17-13-22(14(2)23)21-18(24)20-16(17)12-15-10-8-7-9-11-15/h7-11,16-17,19H,6,12-13H2,1-5H3,(H2,20,21,24)/t16-,17-,19?/m1/s1. The Kier molecular flexibility index (Phi) is 7.40. The summed E-state index contributed by atoms with van der Waals surface area (Å²) in [5, 5.41) is 4.26. The Balaban J connectivity index is 2.27. The van der Waals surface area contributed by atoms with Crippen molar-refractivity contribution in [2.45, 2.75) is 58.0 Å². The van der Waals surface area contributed by atoms with Gasteiger partial charge in [-0.2, -0.15) is 0 Å². The van der Waals surface area contributed by atoms with Crippen molar-refractivity contribution >= 4 is 20.0 Å². The van der Waals surface area contributed by atoms with E-state index in [9.17, 15) is 9.59 Å². The normalized spacial score (nSPS) is 21.8. The molecule has 0 radical (unpaired) electrons. The number of hydrogen-bond acceptors (Lipinski definition) is 4. The van der Waals surface area contributed by atoms with E-state index in [0.717, 1.165) is 5.56 Å². The zero-order valence-electron chi connectivity index (χ0n) is 16.8. The lowest BCUT2D eigenvalue weighted by molar-refractivity contribution is -0.148. The van der Waals surface area contributed by atoms with Crippen LogP contribution in [0.5, 0.6) is 0 Å². The molecule has 3 atom stereocenters. The topological polar surface area (TPSA) is 79.9 Å². The molecule has 1 aliphatic heterocycles. The number of hydrazine groups is 1. The third-order valence-corrected chi connectivity index (χ3v) is 6.08. The molecule has 0 saturated carbocycles. The first kappa shape index (κ1) is 21.4. The highest BCUT2D eigenvalue weighted by atomic mass is 28.3. The van der Waals surface area contributed by atoms with E-state index in [4.69, 9.17) is 9.47 Å². The summed E-state index contributed by atoms with van der Waals surface area (Å²) in [6.45, 7) is 10.7. The van der Waals surface area contributed by atoms with E-state index >= 15 is 0 Å². The van der Waals surface area contributed by atoms with Gasteiger partial charge in [0.05, 0.1) is 12.6 Å². The third kappa shape index (κ3) is 6.33. The predicted molar refractivity (Wildman–Crippen MR) is 107 cm³/mol. The molecule has 1 heterocycles. The fourth-order valence-corrected chi connectivity index (χ4v) is 4.22. The minimum atomic E-state index is -1.78. The van der Waals surface area contributed by atoms with E-state index < -0.39 is 20.2 Å². The van der Waals surface area contributed by atoms with Crippen molar-refractivity contribution < 1.29 is 19.1 Å². The molecule has 0 aliphatic carbocycles. The first-order valence-electron chi connectivity index (χ1n) is 9.37. The molecule has 2 N–H and O–H groups in total. The molecular formula is C19H31N3O4Si. The Labute approximate surface area is 162 Å². The van der Waals surface area contributed by atoms with Crippen LogP contribution in [0.4, 0.5) is 4.79 Å². The first-order chi connectivity index (χ1) is 12.7. The number of nitrogens with zero attached hydrogens (tertiary/aromatic N) is 1. The Morgan fingerprint density at radius 3 is 2.52 bits per heavy atom. The molecule has 1 aromatic rings. The van der Waals surface area contributed by atoms with Crippen molar-refractivity contribution in [1.82, 2.24) is 15.8 Å². The predicted octanol–water partition coefficient (Wildman–Crippen LogP) is 2.30. The van der Waals surface area contributed by atoms with Crippen LogP contribution < -0.4 is 10.7 Å². The monoisotopic (exact) mass is 393 g/mol. The number of ether oxygens (including phenoxy) is 2. The molecule has 2 rings (SSSR count). The highest BCUT2D eigenvalue weighted by molar-refractivity contribution is 6.77. The number of benzene rings is 1. The molecular weight excluding hydrogens is 362 g/mol. The molecule has 0 aromatic heterocycles. The third-order valence-electron chi connectivity index (χ3n) is 4.37. The smallest absolute Gasteiger partial charge is 0.333 e. The van der Waals surface area contributed by atoms with Crippen LogP contribution in [0, 0.1) is 0 Å². The van der Waals surface area contributed by atoms with Gasteiger partial charge in [0.15, 0.2) is 0 Å². The van der Waals surface area contributed by atoms with Gasteiger partial charge in [0, 0.05) is 13.5 Å². The fraction of sp³-hybridized carbons (Fsp3) is 0.579. The maximum Gasteiger partial charge on any atom is 0.333 e. The Morgan fingerprint density at radius 2 is 1.96 bits per heavy atom. The molecule has 8 heteroatoms. The van der Waals surface area contributed by atoms with Crippen molar-refractivity contribution in [2.75, 3.05) is 13.2 Å². The molecule has 7 nitrogen and oxygen atoms in total. The number of urea groups is 1. The maximum atomic E-state index is 12.3. The lowest BCUT2D eigenvalue weighted by atomic mass is 10.0. The van der Waals surface area contributed by atoms with Gasteiger partial charge < -0.3 is 14.8 Å². The zero-order valence-corrected chi connectivity index (χ0v) is 17.8. The van der Waals surface area contributed by atoms with Gasteiger partial charge in [-0.1, -0.05) is 50.0 Å². The van der Waals surface area contributed by atoms with Crippen molar-refractivity contribution in [3.05, 3.63) is 35.9 Å². The lowest BCUT2D eigenvalue weighted by Gasteiger charge is -2.35. The van der Waals surface area contributed by atoms with Crippen molar-refractivity contribution in [3.63, 3.8) is 0 Å². The van der Waals surface area contributed by atoms with E-state index in [0.29, 0.717) is 13.0 Å². The van der Waals surface area contributed by atoms with Crippen molar-refractivity contribution in [1.29, 1.82) is 0 Å². The summed E-state index contributed by atoms with van der Waals surface area (Å²) in [7, 11) is -1.78. The summed E-state index contributed by atoms with van der Waals surface area (Å²) < 4.78 is 12.3. The zero-order chi connectivity index (χ0) is 20.0. The van der Waals surface area contributed by atoms with Crippen molar-refractivity contribution in [3.8, 4) is 0 Å². The molecule has 150 valence electrons. The van der Waals surface area contributed by atoms with Gasteiger partial charge in [-0.05, 0) is 18.9 Å². The van der Waals surface area contributed by atoms with E-state index in [1.165, 1.54) is 11.9 Å². The highest BCUT2D eigenvalue weighted by Crippen LogP contribution is 2.20. The van der Waals surface area contributed by atoms with Crippen LogP contribution in [0.3, 0.4) is 0 Å². The van der Waals surface area contributed by atoms with E-state index in [1.807, 2.05) is 37.3 Å². The molecule has 0 spiro atoms. The van der Waals surface area contributed by atoms with Gasteiger partial charge >= 0.3 is 6.03 Å². The van der Waals surface area contributed by atoms with Gasteiger partial charge in [0.1, 0.15) is 20.1 Å². The second kappa shape index (κ2) is 9.34. The van der Waals surface area contributed by atoms with E-state index in [1.54, 1.807) is 0 Å². The van der Waals surface area contributed by atoms with Gasteiger partial charge in [-0.25, -0.2) is 10.2 Å². The van der Waals surface area contributed by atoms with Crippen LogP contribution in [0.15, 0.2) is 30.3 Å². The molecule has 27 heavy (non-hydrogen) atoms. The number of rotatable bonds is 7. The summed E-state index contributed by atoms with van der Waals surface area (Å²) in [5.74, 6) is -0.561. The molecule has 1 aliphatic rings. The second-order valence-electron chi connectivity index (χ2n) is 7.84. The van der Waals surface area contributed by atoms with Gasteiger partial charge in [-0.15, -0.1) is 0 Å². The number of carbonyl (C=O) groups is 2. The molecule has 1 fully saturated rings. The number of carbonyl (C=O) groups excluding carboxylic acids is 2. The van der Waals surface area contributed by atoms with Crippen LogP contribution in [0.25, 0.3) is 0 Å². The van der Waals surface area contributed by atoms with Gasteiger partial charge in [-0.3, -0.25) is 9.80 Å². The van der Waals surface area contributed by atoms with Crippen LogP contribution in [0.1, 0.15) is 19.4 Å². The minimum absolute atomic E-state index is 0.236. The van der Waals surface area contributed by atoms with Crippen LogP contribution in [0.2, 0.25) is 19.6 Å². The first-order valence-corrected chi connectivity index (χ1v) is 12.9. The number of amides is 3. The average Bonchev–Trinajstić information content (AvgIpc) is 2.73. The fourth-order valence-electron chi connectivity index (χ4n) is 2.97. The average molecular weight is 394 g/mol. The van der Waals surface area contributed by atoms with E-state index in [2.05, 4.69) is 30.4 Å². The Morgan fingerprint density at radius 1 is 1.30 bits per heavy atom. The van der Waals surface area contributed by atoms with Crippen LogP contribution in [-0.4, -0.2) is 56.2 Å². The lowest BCUT2D eigenvalue weighted by Crippen LogP contribution is -2.52. The largest absolute Gasteiger partial charge is 0.357 e. The summed E-state index contributed by atoms with van der Waals surface area (Å²) in [5.41, 5.74) is 3.68. The number of hydrogen-bond donors (Lipinski definition) is 2. The Bertz CT molecular complexity index is 636. The van der Waals surface area contributed by atoms with Crippen molar-refractivity contribution in [2.24, 2.45) is 0 Å². The Hall–Kier alpha value is -1.90. The van der Waals surface area contributed by atoms with Gasteiger partial charge in [0.2, 0.25) is 5.91 Å². The van der Waals surface area contributed by atoms with Crippen LogP contribution >= 0.6 is 0 Å². The quantitative estimate of drug-likeness (QED) is 0.550. The van der Waals surface area contributed by atoms with E-state index in [-0.39, 0.29) is 24.4 Å². The molecule has 3 amide bonds. The maximum absolute atomic E-state index is 12.3. The summed E-state index contributed by atoms with van der Waals surface area (Å²) in [6, 6.07) is 9.24. The summed E-state index contributed by atoms with van der Waals surface area (Å²) >= 11 is 0. The minimum Gasteiger partial charge on any atom is -0.357 e.